The van der Waals surface area contributed by atoms with Crippen molar-refractivity contribution in [1.82, 2.24) is 5.32 Å². The molecule has 1 heterocycles. The summed E-state index contributed by atoms with van der Waals surface area (Å²) in [6.45, 7) is 3.61. The zero-order valence-corrected chi connectivity index (χ0v) is 12.5. The Morgan fingerprint density at radius 1 is 1.45 bits per heavy atom. The Hall–Kier alpha value is -2.58. The van der Waals surface area contributed by atoms with Gasteiger partial charge >= 0.3 is 0 Å². The number of furan rings is 1. The Balaban J connectivity index is 1.98. The molecule has 0 aliphatic rings. The molecular weight excluding hydrogens is 280 g/mol. The molecule has 114 valence electrons. The highest BCUT2D eigenvalue weighted by atomic mass is 16.4. The highest BCUT2D eigenvalue weighted by Crippen LogP contribution is 2.19. The molecule has 2 N–H and O–H groups in total. The van der Waals surface area contributed by atoms with Crippen LogP contribution in [-0.2, 0) is 0 Å². The lowest BCUT2D eigenvalue weighted by Gasteiger charge is -2.17. The van der Waals surface area contributed by atoms with Crippen molar-refractivity contribution in [1.29, 1.82) is 5.26 Å². The van der Waals surface area contributed by atoms with E-state index in [0.29, 0.717) is 23.3 Å². The van der Waals surface area contributed by atoms with Crippen LogP contribution in [0, 0.1) is 18.3 Å². The summed E-state index contributed by atoms with van der Waals surface area (Å²) >= 11 is 0. The third-order valence-electron chi connectivity index (χ3n) is 3.43. The molecule has 5 heteroatoms. The van der Waals surface area contributed by atoms with Crippen LogP contribution in [0.2, 0.25) is 0 Å². The molecule has 0 fully saturated rings. The van der Waals surface area contributed by atoms with E-state index in [2.05, 4.69) is 5.32 Å². The maximum absolute atomic E-state index is 12.2. The van der Waals surface area contributed by atoms with Crippen molar-refractivity contribution in [2.45, 2.75) is 32.4 Å². The van der Waals surface area contributed by atoms with E-state index in [1.807, 2.05) is 13.0 Å². The van der Waals surface area contributed by atoms with Gasteiger partial charge in [-0.3, -0.25) is 4.79 Å². The second-order valence-corrected chi connectivity index (χ2v) is 5.28. The van der Waals surface area contributed by atoms with Gasteiger partial charge in [0.2, 0.25) is 0 Å². The highest BCUT2D eigenvalue weighted by Gasteiger charge is 2.18. The fraction of sp³-hybridized carbons (Fsp3) is 0.294. The van der Waals surface area contributed by atoms with Crippen LogP contribution in [0.1, 0.15) is 46.7 Å². The fourth-order valence-electron chi connectivity index (χ4n) is 2.28. The van der Waals surface area contributed by atoms with Gasteiger partial charge in [-0.05, 0) is 49.7 Å². The maximum Gasteiger partial charge on any atom is 0.251 e. The summed E-state index contributed by atoms with van der Waals surface area (Å²) in [5.41, 5.74) is 1.80. The monoisotopic (exact) mass is 298 g/mol. The summed E-state index contributed by atoms with van der Waals surface area (Å²) in [7, 11) is 0. The molecule has 2 atom stereocenters. The van der Waals surface area contributed by atoms with Crippen molar-refractivity contribution in [2.75, 3.05) is 0 Å². The average Bonchev–Trinajstić information content (AvgIpc) is 3.00. The van der Waals surface area contributed by atoms with Crippen molar-refractivity contribution in [3.05, 3.63) is 59.0 Å². The maximum atomic E-state index is 12.2. The number of benzene rings is 1. The molecule has 0 bridgehead atoms. The van der Waals surface area contributed by atoms with Gasteiger partial charge in [-0.15, -0.1) is 0 Å². The number of aliphatic hydroxyl groups excluding tert-OH is 1. The van der Waals surface area contributed by atoms with Crippen LogP contribution in [0.15, 0.2) is 41.0 Å². The lowest BCUT2D eigenvalue weighted by Crippen LogP contribution is -2.34. The SMILES string of the molecule is Cc1cc(C#N)ccc1C(=O)NC(C)CC(O)c1ccco1. The van der Waals surface area contributed by atoms with Crippen LogP contribution in [0.25, 0.3) is 0 Å². The molecule has 1 amide bonds. The topological polar surface area (TPSA) is 86.3 Å². The molecule has 2 unspecified atom stereocenters. The molecule has 0 saturated carbocycles. The van der Waals surface area contributed by atoms with Gasteiger partial charge < -0.3 is 14.8 Å². The number of aryl methyl sites for hydroxylation is 1. The van der Waals surface area contributed by atoms with Gasteiger partial charge in [0.1, 0.15) is 11.9 Å². The van der Waals surface area contributed by atoms with Crippen LogP contribution in [-0.4, -0.2) is 17.1 Å². The van der Waals surface area contributed by atoms with Crippen molar-refractivity contribution >= 4 is 5.91 Å². The third kappa shape index (κ3) is 3.74. The minimum absolute atomic E-state index is 0.220. The second-order valence-electron chi connectivity index (χ2n) is 5.28. The zero-order valence-electron chi connectivity index (χ0n) is 12.5. The summed E-state index contributed by atoms with van der Waals surface area (Å²) in [5, 5.41) is 21.7. The van der Waals surface area contributed by atoms with E-state index in [4.69, 9.17) is 9.68 Å². The Labute approximate surface area is 129 Å². The predicted molar refractivity (Wildman–Crippen MR) is 81.1 cm³/mol. The number of aliphatic hydroxyl groups is 1. The van der Waals surface area contributed by atoms with E-state index in [9.17, 15) is 9.90 Å². The third-order valence-corrected chi connectivity index (χ3v) is 3.43. The Morgan fingerprint density at radius 3 is 2.82 bits per heavy atom. The van der Waals surface area contributed by atoms with Gasteiger partial charge in [0.05, 0.1) is 17.9 Å². The number of carbonyl (C=O) groups excluding carboxylic acids is 1. The number of nitrogens with one attached hydrogen (secondary N) is 1. The summed E-state index contributed by atoms with van der Waals surface area (Å²) < 4.78 is 5.14. The molecule has 22 heavy (non-hydrogen) atoms. The second kappa shape index (κ2) is 6.92. The predicted octanol–water partition coefficient (Wildman–Crippen LogP) is 2.70. The van der Waals surface area contributed by atoms with E-state index in [1.165, 1.54) is 6.26 Å². The van der Waals surface area contributed by atoms with E-state index < -0.39 is 6.10 Å². The Kier molecular flexibility index (Phi) is 4.97. The summed E-state index contributed by atoms with van der Waals surface area (Å²) in [6, 6.07) is 10.2. The highest BCUT2D eigenvalue weighted by molar-refractivity contribution is 5.95. The standard InChI is InChI=1S/C17H18N2O3/c1-11-8-13(10-18)5-6-14(11)17(21)19-12(2)9-15(20)16-4-3-7-22-16/h3-8,12,15,20H,9H2,1-2H3,(H,19,21). The average molecular weight is 298 g/mol. The normalized spacial score (nSPS) is 13.2. The van der Waals surface area contributed by atoms with E-state index in [0.717, 1.165) is 5.56 Å². The van der Waals surface area contributed by atoms with Gasteiger partial charge in [-0.25, -0.2) is 0 Å². The first-order valence-electron chi connectivity index (χ1n) is 7.04. The lowest BCUT2D eigenvalue weighted by molar-refractivity contribution is 0.0902. The number of nitriles is 1. The van der Waals surface area contributed by atoms with Crippen molar-refractivity contribution in [3.63, 3.8) is 0 Å². The fourth-order valence-corrected chi connectivity index (χ4v) is 2.28. The first kappa shape index (κ1) is 15.8. The van der Waals surface area contributed by atoms with Gasteiger partial charge in [0.15, 0.2) is 0 Å². The van der Waals surface area contributed by atoms with Crippen LogP contribution in [0.5, 0.6) is 0 Å². The number of amides is 1. The molecule has 0 aliphatic heterocycles. The number of nitrogens with zero attached hydrogens (tertiary/aromatic N) is 1. The van der Waals surface area contributed by atoms with E-state index in [-0.39, 0.29) is 11.9 Å². The van der Waals surface area contributed by atoms with E-state index >= 15 is 0 Å². The minimum atomic E-state index is -0.757. The van der Waals surface area contributed by atoms with Crippen LogP contribution in [0.3, 0.4) is 0 Å². The number of hydrogen-bond acceptors (Lipinski definition) is 4. The first-order valence-corrected chi connectivity index (χ1v) is 7.04. The van der Waals surface area contributed by atoms with Crippen molar-refractivity contribution in [3.8, 4) is 6.07 Å². The molecule has 2 aromatic rings. The summed E-state index contributed by atoms with van der Waals surface area (Å²) in [5.74, 6) is 0.261. The summed E-state index contributed by atoms with van der Waals surface area (Å²) in [4.78, 5) is 12.2. The molecule has 2 rings (SSSR count). The summed E-state index contributed by atoms with van der Waals surface area (Å²) in [6.07, 6.45) is 1.10. The lowest BCUT2D eigenvalue weighted by atomic mass is 10.0. The Bertz CT molecular complexity index is 686. The van der Waals surface area contributed by atoms with Crippen LogP contribution in [0.4, 0.5) is 0 Å². The van der Waals surface area contributed by atoms with Crippen LogP contribution < -0.4 is 5.32 Å². The minimum Gasteiger partial charge on any atom is -0.467 e. The molecule has 0 aliphatic carbocycles. The molecule has 1 aromatic heterocycles. The molecule has 1 aromatic carbocycles. The van der Waals surface area contributed by atoms with Crippen molar-refractivity contribution < 1.29 is 14.3 Å². The quantitative estimate of drug-likeness (QED) is 0.888. The molecule has 0 radical (unpaired) electrons. The van der Waals surface area contributed by atoms with Gasteiger partial charge in [-0.1, -0.05) is 0 Å². The first-order chi connectivity index (χ1) is 10.5. The molecule has 0 saturated heterocycles. The van der Waals surface area contributed by atoms with Gasteiger partial charge in [0, 0.05) is 18.0 Å². The number of carbonyl (C=O) groups is 1. The van der Waals surface area contributed by atoms with Gasteiger partial charge in [-0.2, -0.15) is 5.26 Å². The number of hydrogen-bond donors (Lipinski definition) is 2. The smallest absolute Gasteiger partial charge is 0.251 e. The largest absolute Gasteiger partial charge is 0.467 e. The molecule has 5 nitrogen and oxygen atoms in total. The van der Waals surface area contributed by atoms with Crippen molar-refractivity contribution in [2.24, 2.45) is 0 Å². The molecule has 0 spiro atoms. The Morgan fingerprint density at radius 2 is 2.23 bits per heavy atom. The van der Waals surface area contributed by atoms with Gasteiger partial charge in [0.25, 0.3) is 5.91 Å². The van der Waals surface area contributed by atoms with Crippen LogP contribution >= 0.6 is 0 Å². The number of rotatable bonds is 5. The molecular formula is C17H18N2O3. The zero-order chi connectivity index (χ0) is 16.1. The van der Waals surface area contributed by atoms with E-state index in [1.54, 1.807) is 37.3 Å².